The first-order chi connectivity index (χ1) is 11.0. The molecule has 9 heteroatoms. The summed E-state index contributed by atoms with van der Waals surface area (Å²) in [6.45, 7) is 4.81. The summed E-state index contributed by atoms with van der Waals surface area (Å²) in [4.78, 5) is 12.3. The van der Waals surface area contributed by atoms with Gasteiger partial charge in [-0.15, -0.1) is 0 Å². The number of ether oxygens (including phenoxy) is 1. The van der Waals surface area contributed by atoms with Gasteiger partial charge in [0.25, 0.3) is 5.60 Å². The summed E-state index contributed by atoms with van der Waals surface area (Å²) in [6.07, 6.45) is -11.0. The van der Waals surface area contributed by atoms with Crippen LogP contribution in [0.4, 0.5) is 26.3 Å². The van der Waals surface area contributed by atoms with Crippen LogP contribution in [0.25, 0.3) is 0 Å². The van der Waals surface area contributed by atoms with Gasteiger partial charge < -0.3 is 9.84 Å². The third kappa shape index (κ3) is 2.92. The maximum Gasteiger partial charge on any atom is 0.430 e. The number of fused-ring (bicyclic) bond motifs is 2. The van der Waals surface area contributed by atoms with Gasteiger partial charge in [-0.1, -0.05) is 13.8 Å². The van der Waals surface area contributed by atoms with Gasteiger partial charge in [0.15, 0.2) is 5.60 Å². The molecule has 0 amide bonds. The zero-order chi connectivity index (χ0) is 19.6. The molecule has 0 spiro atoms. The first-order valence-corrected chi connectivity index (χ1v) is 8.13. The van der Waals surface area contributed by atoms with Crippen LogP contribution in [0.3, 0.4) is 0 Å². The first kappa shape index (κ1) is 20.3. The zero-order valence-corrected chi connectivity index (χ0v) is 14.3. The highest BCUT2D eigenvalue weighted by Gasteiger charge is 2.78. The molecule has 0 aliphatic heterocycles. The molecule has 0 aromatic rings. The molecule has 25 heavy (non-hydrogen) atoms. The molecule has 2 bridgehead atoms. The smallest absolute Gasteiger partial charge is 0.430 e. The van der Waals surface area contributed by atoms with Crippen LogP contribution in [0.1, 0.15) is 40.5 Å². The van der Waals surface area contributed by atoms with Crippen molar-refractivity contribution in [3.05, 3.63) is 0 Å². The number of hydrogen-bond acceptors (Lipinski definition) is 3. The van der Waals surface area contributed by atoms with Gasteiger partial charge in [-0.2, -0.15) is 26.3 Å². The van der Waals surface area contributed by atoms with Crippen molar-refractivity contribution in [3.8, 4) is 0 Å². The van der Waals surface area contributed by atoms with Gasteiger partial charge in [0.1, 0.15) is 0 Å². The topological polar surface area (TPSA) is 46.5 Å². The molecule has 1 N–H and O–H groups in total. The number of aliphatic hydroxyl groups is 1. The summed E-state index contributed by atoms with van der Waals surface area (Å²) in [5, 5.41) is 9.50. The fourth-order valence-corrected chi connectivity index (χ4v) is 4.46. The molecular formula is C16H22F6O3. The van der Waals surface area contributed by atoms with Crippen molar-refractivity contribution in [2.24, 2.45) is 29.6 Å². The van der Waals surface area contributed by atoms with Crippen molar-refractivity contribution < 1.29 is 41.0 Å². The van der Waals surface area contributed by atoms with Crippen molar-refractivity contribution in [2.75, 3.05) is 0 Å². The molecule has 2 aliphatic rings. The van der Waals surface area contributed by atoms with Gasteiger partial charge in [-0.3, -0.25) is 4.79 Å². The molecule has 146 valence electrons. The van der Waals surface area contributed by atoms with Gasteiger partial charge in [-0.05, 0) is 50.4 Å². The van der Waals surface area contributed by atoms with E-state index in [-0.39, 0.29) is 17.8 Å². The molecule has 5 atom stereocenters. The van der Waals surface area contributed by atoms with Gasteiger partial charge in [-0.25, -0.2) is 0 Å². The Kier molecular flexibility index (Phi) is 4.68. The van der Waals surface area contributed by atoms with Crippen LogP contribution in [0, 0.1) is 29.6 Å². The van der Waals surface area contributed by atoms with Crippen molar-refractivity contribution in [3.63, 3.8) is 0 Å². The zero-order valence-electron chi connectivity index (χ0n) is 14.3. The average molecular weight is 376 g/mol. The Labute approximate surface area is 141 Å². The van der Waals surface area contributed by atoms with E-state index in [9.17, 15) is 36.2 Å². The third-order valence-corrected chi connectivity index (χ3v) is 6.25. The van der Waals surface area contributed by atoms with Crippen molar-refractivity contribution in [1.82, 2.24) is 0 Å². The molecule has 3 nitrogen and oxygen atoms in total. The van der Waals surface area contributed by atoms with Crippen LogP contribution >= 0.6 is 0 Å². The average Bonchev–Trinajstić information content (AvgIpc) is 2.96. The number of rotatable bonds is 3. The minimum absolute atomic E-state index is 0.117. The van der Waals surface area contributed by atoms with Crippen molar-refractivity contribution >= 4 is 5.97 Å². The predicted octanol–water partition coefficient (Wildman–Crippen LogP) is 4.09. The third-order valence-electron chi connectivity index (χ3n) is 6.25. The Morgan fingerprint density at radius 3 is 1.80 bits per heavy atom. The molecule has 0 aromatic heterocycles. The Hall–Kier alpha value is -0.990. The van der Waals surface area contributed by atoms with Gasteiger partial charge >= 0.3 is 18.3 Å². The highest BCUT2D eigenvalue weighted by atomic mass is 19.4. The molecule has 0 saturated heterocycles. The minimum Gasteiger partial charge on any atom is -0.456 e. The van der Waals surface area contributed by atoms with Gasteiger partial charge in [0, 0.05) is 0 Å². The first-order valence-electron chi connectivity index (χ1n) is 8.13. The lowest BCUT2D eigenvalue weighted by Crippen LogP contribution is -2.70. The number of esters is 1. The van der Waals surface area contributed by atoms with E-state index in [1.807, 2.05) is 13.8 Å². The number of halogens is 6. The van der Waals surface area contributed by atoms with Crippen LogP contribution < -0.4 is 0 Å². The molecule has 2 aliphatic carbocycles. The van der Waals surface area contributed by atoms with Crippen LogP contribution in [-0.2, 0) is 9.53 Å². The summed E-state index contributed by atoms with van der Waals surface area (Å²) in [7, 11) is 0. The van der Waals surface area contributed by atoms with E-state index in [4.69, 9.17) is 0 Å². The normalized spacial score (nSPS) is 33.6. The SMILES string of the molecule is CC1C2CC(C(=O)OC(C)(C)C(O)(C(F)(F)F)C(F)(F)F)C(C2)C1C. The molecular weight excluding hydrogens is 354 g/mol. The summed E-state index contributed by atoms with van der Waals surface area (Å²) in [5.41, 5.74) is -8.36. The lowest BCUT2D eigenvalue weighted by molar-refractivity contribution is -0.407. The fourth-order valence-electron chi connectivity index (χ4n) is 4.46. The number of carbonyl (C=O) groups excluding carboxylic acids is 1. The van der Waals surface area contributed by atoms with E-state index in [1.54, 1.807) is 0 Å². The Morgan fingerprint density at radius 2 is 1.44 bits per heavy atom. The summed E-state index contributed by atoms with van der Waals surface area (Å²) < 4.78 is 82.8. The summed E-state index contributed by atoms with van der Waals surface area (Å²) in [6, 6.07) is 0. The van der Waals surface area contributed by atoms with E-state index in [0.29, 0.717) is 32.6 Å². The van der Waals surface area contributed by atoms with Crippen molar-refractivity contribution in [1.29, 1.82) is 0 Å². The molecule has 2 saturated carbocycles. The maximum absolute atomic E-state index is 13.0. The fraction of sp³-hybridized carbons (Fsp3) is 0.938. The largest absolute Gasteiger partial charge is 0.456 e. The predicted molar refractivity (Wildman–Crippen MR) is 75.3 cm³/mol. The van der Waals surface area contributed by atoms with E-state index in [0.717, 1.165) is 0 Å². The second kappa shape index (κ2) is 5.76. The Morgan fingerprint density at radius 1 is 0.960 bits per heavy atom. The monoisotopic (exact) mass is 376 g/mol. The summed E-state index contributed by atoms with van der Waals surface area (Å²) in [5.74, 6) is -1.25. The molecule has 2 fully saturated rings. The van der Waals surface area contributed by atoms with Crippen molar-refractivity contribution in [2.45, 2.75) is 64.1 Å². The molecule has 2 rings (SSSR count). The number of carbonyl (C=O) groups is 1. The molecule has 0 heterocycles. The maximum atomic E-state index is 13.0. The number of alkyl halides is 6. The van der Waals surface area contributed by atoms with Crippen LogP contribution in [0.15, 0.2) is 0 Å². The Bertz CT molecular complexity index is 523. The minimum atomic E-state index is -6.05. The second-order valence-electron chi connectivity index (χ2n) is 7.86. The molecule has 0 radical (unpaired) electrons. The standard InChI is InChI=1S/C16H22F6O3/c1-7-8(2)10-5-9(7)6-11(10)12(23)25-13(3,4)14(24,15(17,18)19)16(20,21)22/h7-11,24H,5-6H2,1-4H3. The second-order valence-corrected chi connectivity index (χ2v) is 7.86. The van der Waals surface area contributed by atoms with E-state index in [1.165, 1.54) is 0 Å². The van der Waals surface area contributed by atoms with Crippen LogP contribution in [0.5, 0.6) is 0 Å². The van der Waals surface area contributed by atoms with Crippen LogP contribution in [-0.4, -0.2) is 34.6 Å². The van der Waals surface area contributed by atoms with Gasteiger partial charge in [0.05, 0.1) is 5.92 Å². The van der Waals surface area contributed by atoms with Crippen LogP contribution in [0.2, 0.25) is 0 Å². The molecule has 5 unspecified atom stereocenters. The lowest BCUT2D eigenvalue weighted by atomic mass is 9.75. The van der Waals surface area contributed by atoms with Gasteiger partial charge in [0.2, 0.25) is 0 Å². The van der Waals surface area contributed by atoms with E-state index in [2.05, 4.69) is 4.74 Å². The number of hydrogen-bond donors (Lipinski definition) is 1. The lowest BCUT2D eigenvalue weighted by Gasteiger charge is -2.44. The molecule has 0 aromatic carbocycles. The highest BCUT2D eigenvalue weighted by Crippen LogP contribution is 2.56. The highest BCUT2D eigenvalue weighted by molar-refractivity contribution is 5.74. The van der Waals surface area contributed by atoms with E-state index >= 15 is 0 Å². The summed E-state index contributed by atoms with van der Waals surface area (Å²) >= 11 is 0. The Balaban J connectivity index is 2.24. The van der Waals surface area contributed by atoms with E-state index < -0.39 is 35.4 Å². The quantitative estimate of drug-likeness (QED) is 0.596.